The molecule has 0 aliphatic heterocycles. The summed E-state index contributed by atoms with van der Waals surface area (Å²) in [5.74, 6) is -4.53. The third kappa shape index (κ3) is 1.64. The summed E-state index contributed by atoms with van der Waals surface area (Å²) in [6, 6.07) is 4.65. The largest absolute Gasteiger partial charge is 0.204 e. The lowest BCUT2D eigenvalue weighted by atomic mass is 9.85. The van der Waals surface area contributed by atoms with Gasteiger partial charge in [0, 0.05) is 5.56 Å². The van der Waals surface area contributed by atoms with Crippen molar-refractivity contribution in [3.63, 3.8) is 0 Å². The molecule has 2 nitrogen and oxygen atoms in total. The van der Waals surface area contributed by atoms with Crippen molar-refractivity contribution < 1.29 is 13.2 Å². The van der Waals surface area contributed by atoms with E-state index in [9.17, 15) is 13.2 Å². The molecule has 0 atom stereocenters. The Hall–Kier alpha value is -2.01. The van der Waals surface area contributed by atoms with Gasteiger partial charge in [-0.25, -0.2) is 13.2 Å². The Morgan fingerprint density at radius 3 is 2.07 bits per heavy atom. The zero-order valence-electron chi connectivity index (χ0n) is 7.68. The van der Waals surface area contributed by atoms with Crippen LogP contribution in [0.3, 0.4) is 0 Å². The lowest BCUT2D eigenvalue weighted by molar-refractivity contribution is 0.436. The summed E-state index contributed by atoms with van der Waals surface area (Å²) >= 11 is 0. The molecule has 1 aromatic rings. The molecule has 0 aliphatic carbocycles. The first-order valence-electron chi connectivity index (χ1n) is 3.92. The molecule has 5 heteroatoms. The number of nitriles is 2. The summed E-state index contributed by atoms with van der Waals surface area (Å²) in [5, 5.41) is 17.3. The summed E-state index contributed by atoms with van der Waals surface area (Å²) < 4.78 is 38.6. The molecule has 0 spiro atoms. The molecule has 0 amide bonds. The normalized spacial score (nSPS) is 10.5. The minimum atomic E-state index is -1.82. The van der Waals surface area contributed by atoms with E-state index in [2.05, 4.69) is 0 Å². The predicted molar refractivity (Wildman–Crippen MR) is 44.9 cm³/mol. The van der Waals surface area contributed by atoms with Crippen molar-refractivity contribution >= 4 is 0 Å². The Morgan fingerprint density at radius 1 is 1.07 bits per heavy atom. The molecule has 0 fully saturated rings. The molecule has 0 bridgehead atoms. The van der Waals surface area contributed by atoms with Crippen molar-refractivity contribution in [1.29, 1.82) is 10.5 Å². The quantitative estimate of drug-likeness (QED) is 0.668. The molecule has 0 unspecified atom stereocenters. The summed E-state index contributed by atoms with van der Waals surface area (Å²) in [7, 11) is 0. The van der Waals surface area contributed by atoms with Gasteiger partial charge in [-0.3, -0.25) is 0 Å². The zero-order valence-corrected chi connectivity index (χ0v) is 7.68. The van der Waals surface area contributed by atoms with Gasteiger partial charge in [0.15, 0.2) is 22.9 Å². The Labute approximate surface area is 84.2 Å². The van der Waals surface area contributed by atoms with Crippen LogP contribution in [0.5, 0.6) is 0 Å². The number of hydrogen-bond donors (Lipinski definition) is 0. The predicted octanol–water partition coefficient (Wildman–Crippen LogP) is 2.41. The molecule has 0 saturated heterocycles. The minimum absolute atomic E-state index is 0.466. The molecule has 0 saturated carbocycles. The first-order chi connectivity index (χ1) is 6.96. The maximum atomic E-state index is 13.2. The summed E-state index contributed by atoms with van der Waals surface area (Å²) in [4.78, 5) is 0. The summed E-state index contributed by atoms with van der Waals surface area (Å²) in [5.41, 5.74) is -2.29. The van der Waals surface area contributed by atoms with Crippen molar-refractivity contribution in [3.8, 4) is 12.1 Å². The third-order valence-electron chi connectivity index (χ3n) is 2.02. The van der Waals surface area contributed by atoms with Crippen molar-refractivity contribution in [1.82, 2.24) is 0 Å². The molecule has 1 rings (SSSR count). The Bertz CT molecular complexity index is 469. The fraction of sp³-hybridized carbons (Fsp3) is 0.200. The van der Waals surface area contributed by atoms with Gasteiger partial charge in [0.2, 0.25) is 0 Å². The average molecular weight is 210 g/mol. The van der Waals surface area contributed by atoms with Gasteiger partial charge in [0.1, 0.15) is 0 Å². The number of hydrogen-bond acceptors (Lipinski definition) is 2. The Morgan fingerprint density at radius 2 is 1.60 bits per heavy atom. The van der Waals surface area contributed by atoms with Crippen LogP contribution in [0.2, 0.25) is 0 Å². The van der Waals surface area contributed by atoms with Gasteiger partial charge < -0.3 is 0 Å². The van der Waals surface area contributed by atoms with E-state index in [1.54, 1.807) is 12.1 Å². The van der Waals surface area contributed by atoms with Gasteiger partial charge in [-0.05, 0) is 13.0 Å². The van der Waals surface area contributed by atoms with Gasteiger partial charge in [-0.2, -0.15) is 10.5 Å². The molecule has 0 aliphatic rings. The highest BCUT2D eigenvalue weighted by atomic mass is 19.2. The topological polar surface area (TPSA) is 47.6 Å². The van der Waals surface area contributed by atoms with E-state index in [1.165, 1.54) is 0 Å². The minimum Gasteiger partial charge on any atom is -0.204 e. The molecule has 0 heterocycles. The summed E-state index contributed by atoms with van der Waals surface area (Å²) in [6.45, 7) is 1.13. The monoisotopic (exact) mass is 210 g/mol. The van der Waals surface area contributed by atoms with Crippen molar-refractivity contribution in [2.24, 2.45) is 0 Å². The van der Waals surface area contributed by atoms with Gasteiger partial charge in [-0.15, -0.1) is 0 Å². The van der Waals surface area contributed by atoms with Crippen LogP contribution in [0.15, 0.2) is 12.1 Å². The SMILES string of the molecule is CC(C#N)(C#N)c1ccc(F)c(F)c1F. The molecular weight excluding hydrogens is 205 g/mol. The van der Waals surface area contributed by atoms with Gasteiger partial charge >= 0.3 is 0 Å². The molecule has 0 radical (unpaired) electrons. The summed E-state index contributed by atoms with van der Waals surface area (Å²) in [6.07, 6.45) is 0. The van der Waals surface area contributed by atoms with E-state index in [-0.39, 0.29) is 0 Å². The molecule has 1 aromatic carbocycles. The van der Waals surface area contributed by atoms with Crippen LogP contribution in [-0.2, 0) is 5.41 Å². The number of nitrogens with zero attached hydrogens (tertiary/aromatic N) is 2. The maximum Gasteiger partial charge on any atom is 0.194 e. The van der Waals surface area contributed by atoms with Crippen LogP contribution in [0.4, 0.5) is 13.2 Å². The number of benzene rings is 1. The van der Waals surface area contributed by atoms with Crippen molar-refractivity contribution in [2.45, 2.75) is 12.3 Å². The molecule has 0 aromatic heterocycles. The van der Waals surface area contributed by atoms with Crippen LogP contribution in [0.25, 0.3) is 0 Å². The highest BCUT2D eigenvalue weighted by Gasteiger charge is 2.31. The first kappa shape index (κ1) is 11.1. The van der Waals surface area contributed by atoms with Crippen molar-refractivity contribution in [2.75, 3.05) is 0 Å². The van der Waals surface area contributed by atoms with Gasteiger partial charge in [0.05, 0.1) is 12.1 Å². The molecule has 0 N–H and O–H groups in total. The van der Waals surface area contributed by atoms with E-state index >= 15 is 0 Å². The Kier molecular flexibility index (Phi) is 2.67. The number of halogens is 3. The third-order valence-corrected chi connectivity index (χ3v) is 2.02. The second kappa shape index (κ2) is 3.62. The molecule has 76 valence electrons. The van der Waals surface area contributed by atoms with Crippen LogP contribution in [0.1, 0.15) is 12.5 Å². The molecule has 15 heavy (non-hydrogen) atoms. The van der Waals surface area contributed by atoms with E-state index in [1.807, 2.05) is 0 Å². The van der Waals surface area contributed by atoms with E-state index in [0.717, 1.165) is 13.0 Å². The highest BCUT2D eigenvalue weighted by Crippen LogP contribution is 2.27. The van der Waals surface area contributed by atoms with Crippen LogP contribution >= 0.6 is 0 Å². The second-order valence-corrected chi connectivity index (χ2v) is 3.07. The standard InChI is InChI=1S/C10H5F3N2/c1-10(4-14,5-15)6-2-3-7(11)9(13)8(6)12/h2-3H,1H3. The van der Waals surface area contributed by atoms with Crippen LogP contribution < -0.4 is 0 Å². The first-order valence-corrected chi connectivity index (χ1v) is 3.92. The fourth-order valence-corrected chi connectivity index (χ4v) is 1.06. The van der Waals surface area contributed by atoms with E-state index in [4.69, 9.17) is 10.5 Å². The van der Waals surface area contributed by atoms with Crippen molar-refractivity contribution in [3.05, 3.63) is 35.1 Å². The Balaban J connectivity index is 3.50. The number of rotatable bonds is 1. The lowest BCUT2D eigenvalue weighted by Crippen LogP contribution is -2.19. The van der Waals surface area contributed by atoms with E-state index in [0.29, 0.717) is 6.07 Å². The van der Waals surface area contributed by atoms with E-state index < -0.39 is 28.4 Å². The van der Waals surface area contributed by atoms with Gasteiger partial charge in [-0.1, -0.05) is 6.07 Å². The van der Waals surface area contributed by atoms with Crippen LogP contribution in [-0.4, -0.2) is 0 Å². The smallest absolute Gasteiger partial charge is 0.194 e. The van der Waals surface area contributed by atoms with Gasteiger partial charge in [0.25, 0.3) is 0 Å². The zero-order chi connectivity index (χ0) is 11.6. The lowest BCUT2D eigenvalue weighted by Gasteiger charge is -2.13. The van der Waals surface area contributed by atoms with Crippen LogP contribution in [0, 0.1) is 40.1 Å². The fourth-order valence-electron chi connectivity index (χ4n) is 1.06. The highest BCUT2D eigenvalue weighted by molar-refractivity contribution is 5.40. The second-order valence-electron chi connectivity index (χ2n) is 3.07. The molecular formula is C10H5F3N2. The maximum absolute atomic E-state index is 13.2. The average Bonchev–Trinajstić information content (AvgIpc) is 2.25.